The van der Waals surface area contributed by atoms with Crippen molar-refractivity contribution in [2.45, 2.75) is 30.0 Å². The summed E-state index contributed by atoms with van der Waals surface area (Å²) in [6.45, 7) is -0.450. The van der Waals surface area contributed by atoms with Crippen molar-refractivity contribution in [3.63, 3.8) is 0 Å². The van der Waals surface area contributed by atoms with E-state index in [1.165, 1.54) is 18.2 Å². The average molecular weight is 610 g/mol. The molecule has 6 rings (SSSR count). The first-order chi connectivity index (χ1) is 21.8. The third kappa shape index (κ3) is 5.73. The Morgan fingerprint density at radius 3 is 1.80 bits per heavy atom. The zero-order chi connectivity index (χ0) is 31.4. The van der Waals surface area contributed by atoms with Crippen LogP contribution in [0.1, 0.15) is 33.3 Å². The molecule has 228 valence electrons. The Hall–Kier alpha value is -5.19. The summed E-state index contributed by atoms with van der Waals surface area (Å²) in [6, 6.07) is 37.1. The van der Waals surface area contributed by atoms with E-state index in [4.69, 9.17) is 19.9 Å². The summed E-state index contributed by atoms with van der Waals surface area (Å²) in [5, 5.41) is 0. The number of halogens is 2. The lowest BCUT2D eigenvalue weighted by Crippen LogP contribution is -2.45. The Labute approximate surface area is 257 Å². The number of benzene rings is 4. The Morgan fingerprint density at radius 1 is 0.822 bits per heavy atom. The van der Waals surface area contributed by atoms with Gasteiger partial charge in [0.2, 0.25) is 6.23 Å². The molecule has 1 saturated heterocycles. The highest BCUT2D eigenvalue weighted by Gasteiger charge is 2.63. The molecule has 0 spiro atoms. The Morgan fingerprint density at radius 2 is 1.31 bits per heavy atom. The standard InChI is InChI=1S/C35H29F2N3O5/c36-35(37)30(45-31(41)24-13-5-1-6-14-24)28(44-32(35)40-22-21-29(38)39-33(40)42)23-43-34(25-15-7-2-8-16-25,26-17-9-3-10-18-26)27-19-11-4-12-20-27/h1-22,28,30,32H,23H2,(H2,38,39,42)/t28-,30+,32-/m1/s1. The number of esters is 1. The van der Waals surface area contributed by atoms with Crippen LogP contribution in [-0.4, -0.2) is 40.3 Å². The number of anilines is 1. The molecular formula is C35H29F2N3O5. The second-order valence-electron chi connectivity index (χ2n) is 10.5. The van der Waals surface area contributed by atoms with Crippen LogP contribution < -0.4 is 11.4 Å². The normalized spacial score (nSPS) is 19.2. The van der Waals surface area contributed by atoms with E-state index < -0.39 is 48.2 Å². The fourth-order valence-corrected chi connectivity index (χ4v) is 5.59. The van der Waals surface area contributed by atoms with Gasteiger partial charge in [0.15, 0.2) is 6.10 Å². The second kappa shape index (κ2) is 12.4. The molecule has 0 unspecified atom stereocenters. The van der Waals surface area contributed by atoms with Gasteiger partial charge < -0.3 is 19.9 Å². The number of hydrogen-bond acceptors (Lipinski definition) is 7. The smallest absolute Gasteiger partial charge is 0.351 e. The number of ether oxygens (including phenoxy) is 3. The number of carbonyl (C=O) groups excluding carboxylic acids is 1. The van der Waals surface area contributed by atoms with Crippen LogP contribution in [0.5, 0.6) is 0 Å². The first-order valence-electron chi connectivity index (χ1n) is 14.2. The maximum Gasteiger partial charge on any atom is 0.351 e. The van der Waals surface area contributed by atoms with Crippen molar-refractivity contribution in [3.05, 3.63) is 166 Å². The SMILES string of the molecule is Nc1ccn([C@@H]2O[C@H](COC(c3ccccc3)(c3ccccc3)c3ccccc3)[C@H](OC(=O)c3ccccc3)C2(F)F)c(=O)n1. The maximum absolute atomic E-state index is 16.3. The van der Waals surface area contributed by atoms with Crippen LogP contribution in [0.15, 0.2) is 138 Å². The first kappa shape index (κ1) is 29.9. The largest absolute Gasteiger partial charge is 0.449 e. The van der Waals surface area contributed by atoms with E-state index >= 15 is 8.78 Å². The third-order valence-corrected chi connectivity index (χ3v) is 7.70. The lowest BCUT2D eigenvalue weighted by molar-refractivity contribution is -0.143. The van der Waals surface area contributed by atoms with Crippen LogP contribution in [-0.2, 0) is 19.8 Å². The van der Waals surface area contributed by atoms with Crippen molar-refractivity contribution in [3.8, 4) is 0 Å². The van der Waals surface area contributed by atoms with Gasteiger partial charge in [-0.2, -0.15) is 13.8 Å². The number of nitrogen functional groups attached to an aromatic ring is 1. The molecule has 45 heavy (non-hydrogen) atoms. The molecule has 4 aromatic carbocycles. The maximum atomic E-state index is 16.3. The summed E-state index contributed by atoms with van der Waals surface area (Å²) in [5.41, 5.74) is 5.58. The minimum atomic E-state index is -3.87. The van der Waals surface area contributed by atoms with Crippen LogP contribution >= 0.6 is 0 Å². The number of nitrogens with zero attached hydrogens (tertiary/aromatic N) is 2. The minimum absolute atomic E-state index is 0.0786. The van der Waals surface area contributed by atoms with E-state index in [1.807, 2.05) is 91.0 Å². The lowest BCUT2D eigenvalue weighted by atomic mass is 9.80. The lowest BCUT2D eigenvalue weighted by Gasteiger charge is -2.37. The Balaban J connectivity index is 1.43. The van der Waals surface area contributed by atoms with E-state index in [1.54, 1.807) is 18.2 Å². The van der Waals surface area contributed by atoms with Crippen molar-refractivity contribution in [1.29, 1.82) is 0 Å². The summed E-state index contributed by atoms with van der Waals surface area (Å²) in [5.74, 6) is -4.98. The van der Waals surface area contributed by atoms with Gasteiger partial charge in [-0.3, -0.25) is 4.57 Å². The van der Waals surface area contributed by atoms with Gasteiger partial charge in [0, 0.05) is 6.20 Å². The van der Waals surface area contributed by atoms with Crippen molar-refractivity contribution in [1.82, 2.24) is 9.55 Å². The zero-order valence-electron chi connectivity index (χ0n) is 23.9. The molecule has 0 bridgehead atoms. The van der Waals surface area contributed by atoms with Crippen molar-refractivity contribution in [2.24, 2.45) is 0 Å². The Kier molecular flexibility index (Phi) is 8.25. The van der Waals surface area contributed by atoms with Crippen LogP contribution in [0, 0.1) is 0 Å². The molecule has 0 amide bonds. The predicted octanol–water partition coefficient (Wildman–Crippen LogP) is 5.59. The summed E-state index contributed by atoms with van der Waals surface area (Å²) >= 11 is 0. The predicted molar refractivity (Wildman–Crippen MR) is 163 cm³/mol. The molecule has 0 aliphatic carbocycles. The van der Waals surface area contributed by atoms with E-state index in [2.05, 4.69) is 4.98 Å². The summed E-state index contributed by atoms with van der Waals surface area (Å²) in [4.78, 5) is 29.3. The number of nitrogens with two attached hydrogens (primary N) is 1. The highest BCUT2D eigenvalue weighted by atomic mass is 19.3. The van der Waals surface area contributed by atoms with Crippen LogP contribution in [0.4, 0.5) is 14.6 Å². The zero-order valence-corrected chi connectivity index (χ0v) is 23.9. The van der Waals surface area contributed by atoms with E-state index in [0.29, 0.717) is 4.57 Å². The highest BCUT2D eigenvalue weighted by Crippen LogP contribution is 2.46. The van der Waals surface area contributed by atoms with E-state index in [0.717, 1.165) is 22.9 Å². The number of aromatic nitrogens is 2. The molecule has 1 aliphatic rings. The molecule has 5 aromatic rings. The minimum Gasteiger partial charge on any atom is -0.449 e. The Bertz CT molecular complexity index is 1710. The van der Waals surface area contributed by atoms with E-state index in [9.17, 15) is 9.59 Å². The van der Waals surface area contributed by atoms with Crippen LogP contribution in [0.25, 0.3) is 0 Å². The molecule has 8 nitrogen and oxygen atoms in total. The van der Waals surface area contributed by atoms with Gasteiger partial charge in [0.1, 0.15) is 17.5 Å². The molecular weight excluding hydrogens is 580 g/mol. The molecule has 1 aliphatic heterocycles. The summed E-state index contributed by atoms with van der Waals surface area (Å²) in [7, 11) is 0. The van der Waals surface area contributed by atoms with E-state index in [-0.39, 0.29) is 11.4 Å². The fourth-order valence-electron chi connectivity index (χ4n) is 5.59. The summed E-state index contributed by atoms with van der Waals surface area (Å²) < 4.78 is 51.3. The molecule has 2 N–H and O–H groups in total. The van der Waals surface area contributed by atoms with Gasteiger partial charge in [-0.1, -0.05) is 109 Å². The van der Waals surface area contributed by atoms with Gasteiger partial charge in [-0.05, 0) is 34.9 Å². The monoisotopic (exact) mass is 609 g/mol. The first-order valence-corrected chi connectivity index (χ1v) is 14.2. The van der Waals surface area contributed by atoms with Gasteiger partial charge in [-0.15, -0.1) is 0 Å². The third-order valence-electron chi connectivity index (χ3n) is 7.70. The highest BCUT2D eigenvalue weighted by molar-refractivity contribution is 5.89. The van der Waals surface area contributed by atoms with Gasteiger partial charge in [0.25, 0.3) is 0 Å². The summed E-state index contributed by atoms with van der Waals surface area (Å²) in [6.07, 6.45) is -4.71. The molecule has 1 aromatic heterocycles. The second-order valence-corrected chi connectivity index (χ2v) is 10.5. The molecule has 0 saturated carbocycles. The van der Waals surface area contributed by atoms with Gasteiger partial charge >= 0.3 is 17.6 Å². The molecule has 2 heterocycles. The van der Waals surface area contributed by atoms with Crippen molar-refractivity contribution < 1.29 is 27.8 Å². The molecule has 1 fully saturated rings. The molecule has 0 radical (unpaired) electrons. The number of rotatable bonds is 9. The quantitative estimate of drug-likeness (QED) is 0.172. The fraction of sp³-hybridized carbons (Fsp3) is 0.171. The van der Waals surface area contributed by atoms with Gasteiger partial charge in [0.05, 0.1) is 12.2 Å². The topological polar surface area (TPSA) is 106 Å². The van der Waals surface area contributed by atoms with Crippen LogP contribution in [0.2, 0.25) is 0 Å². The molecule has 3 atom stereocenters. The van der Waals surface area contributed by atoms with Crippen molar-refractivity contribution in [2.75, 3.05) is 12.3 Å². The number of carbonyl (C=O) groups is 1. The number of hydrogen-bond donors (Lipinski definition) is 1. The van der Waals surface area contributed by atoms with Gasteiger partial charge in [-0.25, -0.2) is 9.59 Å². The van der Waals surface area contributed by atoms with Crippen molar-refractivity contribution >= 4 is 11.8 Å². The molecule has 10 heteroatoms. The number of alkyl halides is 2. The van der Waals surface area contributed by atoms with Crippen LogP contribution in [0.3, 0.4) is 0 Å². The average Bonchev–Trinajstić information content (AvgIpc) is 3.31.